The maximum absolute atomic E-state index is 12.0. The van der Waals surface area contributed by atoms with Gasteiger partial charge in [0.25, 0.3) is 5.91 Å². The van der Waals surface area contributed by atoms with Gasteiger partial charge < -0.3 is 10.1 Å². The van der Waals surface area contributed by atoms with Crippen LogP contribution in [0.4, 0.5) is 4.79 Å². The summed E-state index contributed by atoms with van der Waals surface area (Å²) in [5, 5.41) is 2.52. The van der Waals surface area contributed by atoms with Gasteiger partial charge in [-0.3, -0.25) is 9.69 Å². The minimum atomic E-state index is -1.01. The molecule has 0 saturated carbocycles. The summed E-state index contributed by atoms with van der Waals surface area (Å²) >= 11 is 3.25. The van der Waals surface area contributed by atoms with Crippen molar-refractivity contribution < 1.29 is 19.1 Å². The highest BCUT2D eigenvalue weighted by molar-refractivity contribution is 9.10. The molecule has 2 rings (SSSR count). The van der Waals surface area contributed by atoms with Gasteiger partial charge in [0.15, 0.2) is 6.10 Å². The fraction of sp³-hybridized carbons (Fsp3) is 0.308. The fourth-order valence-electron chi connectivity index (χ4n) is 1.80. The predicted octanol–water partition coefficient (Wildman–Crippen LogP) is 1.55. The molecular formula is C13H13BrN2O4. The summed E-state index contributed by atoms with van der Waals surface area (Å²) in [5.74, 6) is -1.13. The minimum Gasteiger partial charge on any atom is -0.449 e. The van der Waals surface area contributed by atoms with Gasteiger partial charge in [-0.15, -0.1) is 0 Å². The number of imide groups is 1. The van der Waals surface area contributed by atoms with Crippen LogP contribution in [0.1, 0.15) is 17.3 Å². The Labute approximate surface area is 124 Å². The number of hydrogen-bond acceptors (Lipinski definition) is 4. The largest absolute Gasteiger partial charge is 0.449 e. The number of halogens is 1. The zero-order chi connectivity index (χ0) is 14.7. The van der Waals surface area contributed by atoms with Crippen LogP contribution in [0.2, 0.25) is 0 Å². The normalized spacial score (nSPS) is 15.7. The Balaban J connectivity index is 2.00. The molecule has 1 N–H and O–H groups in total. The molecule has 0 bridgehead atoms. The molecule has 0 aromatic heterocycles. The quantitative estimate of drug-likeness (QED) is 0.847. The van der Waals surface area contributed by atoms with Crippen LogP contribution >= 0.6 is 15.9 Å². The van der Waals surface area contributed by atoms with E-state index in [1.807, 2.05) is 0 Å². The van der Waals surface area contributed by atoms with Crippen LogP contribution in [0, 0.1) is 0 Å². The van der Waals surface area contributed by atoms with E-state index in [9.17, 15) is 14.4 Å². The molecule has 1 unspecified atom stereocenters. The Kier molecular flexibility index (Phi) is 4.39. The summed E-state index contributed by atoms with van der Waals surface area (Å²) in [7, 11) is 0. The summed E-state index contributed by atoms with van der Waals surface area (Å²) in [4.78, 5) is 36.3. The predicted molar refractivity (Wildman–Crippen MR) is 74.1 cm³/mol. The fourth-order valence-corrected chi connectivity index (χ4v) is 2.20. The average Bonchev–Trinajstić information content (AvgIpc) is 2.84. The first-order chi connectivity index (χ1) is 9.49. The number of rotatable bonds is 3. The second-order valence-corrected chi connectivity index (χ2v) is 5.20. The van der Waals surface area contributed by atoms with Crippen molar-refractivity contribution in [2.24, 2.45) is 0 Å². The van der Waals surface area contributed by atoms with Gasteiger partial charge in [-0.2, -0.15) is 0 Å². The molecule has 1 aromatic carbocycles. The van der Waals surface area contributed by atoms with E-state index in [0.717, 1.165) is 9.37 Å². The van der Waals surface area contributed by atoms with Crippen LogP contribution in [-0.4, -0.2) is 42.0 Å². The van der Waals surface area contributed by atoms with E-state index < -0.39 is 24.0 Å². The first kappa shape index (κ1) is 14.5. The Morgan fingerprint density at radius 2 is 2.20 bits per heavy atom. The minimum absolute atomic E-state index is 0.288. The van der Waals surface area contributed by atoms with Gasteiger partial charge in [0, 0.05) is 17.6 Å². The molecular weight excluding hydrogens is 328 g/mol. The molecule has 1 saturated heterocycles. The second-order valence-electron chi connectivity index (χ2n) is 4.28. The van der Waals surface area contributed by atoms with Gasteiger partial charge in [0.2, 0.25) is 0 Å². The number of nitrogens with zero attached hydrogens (tertiary/aromatic N) is 1. The molecule has 1 atom stereocenters. The van der Waals surface area contributed by atoms with E-state index in [1.165, 1.54) is 6.92 Å². The third-order valence-electron chi connectivity index (χ3n) is 2.81. The Morgan fingerprint density at radius 1 is 1.45 bits per heavy atom. The summed E-state index contributed by atoms with van der Waals surface area (Å²) in [6.07, 6.45) is -1.01. The molecule has 0 spiro atoms. The topological polar surface area (TPSA) is 75.7 Å². The number of carbonyl (C=O) groups is 3. The van der Waals surface area contributed by atoms with E-state index in [2.05, 4.69) is 21.2 Å². The van der Waals surface area contributed by atoms with Crippen LogP contribution in [-0.2, 0) is 9.53 Å². The number of ether oxygens (including phenoxy) is 1. The van der Waals surface area contributed by atoms with Crippen LogP contribution in [0.3, 0.4) is 0 Å². The summed E-state index contributed by atoms with van der Waals surface area (Å²) in [5.41, 5.74) is 0.338. The van der Waals surface area contributed by atoms with Gasteiger partial charge in [0.1, 0.15) is 0 Å². The number of amides is 3. The summed E-state index contributed by atoms with van der Waals surface area (Å²) in [6, 6.07) is 6.20. The van der Waals surface area contributed by atoms with Crippen molar-refractivity contribution >= 4 is 33.8 Å². The molecule has 1 aromatic rings. The van der Waals surface area contributed by atoms with Crippen molar-refractivity contribution in [3.63, 3.8) is 0 Å². The molecule has 106 valence electrons. The van der Waals surface area contributed by atoms with Gasteiger partial charge >= 0.3 is 12.0 Å². The van der Waals surface area contributed by atoms with Crippen molar-refractivity contribution in [3.8, 4) is 0 Å². The maximum atomic E-state index is 12.0. The van der Waals surface area contributed by atoms with Crippen LogP contribution < -0.4 is 5.32 Å². The summed E-state index contributed by atoms with van der Waals surface area (Å²) in [6.45, 7) is 2.15. The molecule has 0 radical (unpaired) electrons. The van der Waals surface area contributed by atoms with E-state index in [4.69, 9.17) is 4.74 Å². The standard InChI is InChI=1S/C13H13BrN2O4/c1-8(11(17)16-6-5-15-13(16)19)20-12(18)9-3-2-4-10(14)7-9/h2-4,7-8H,5-6H2,1H3,(H,15,19). The van der Waals surface area contributed by atoms with Crippen molar-refractivity contribution in [2.75, 3.05) is 13.1 Å². The molecule has 1 aliphatic rings. The number of hydrogen-bond donors (Lipinski definition) is 1. The molecule has 1 heterocycles. The van der Waals surface area contributed by atoms with Crippen LogP contribution in [0.25, 0.3) is 0 Å². The van der Waals surface area contributed by atoms with Gasteiger partial charge in [0.05, 0.1) is 5.56 Å². The number of nitrogens with one attached hydrogen (secondary N) is 1. The summed E-state index contributed by atoms with van der Waals surface area (Å²) < 4.78 is 5.82. The lowest BCUT2D eigenvalue weighted by Gasteiger charge is -2.18. The lowest BCUT2D eigenvalue weighted by molar-refractivity contribution is -0.136. The molecule has 6 nitrogen and oxygen atoms in total. The van der Waals surface area contributed by atoms with E-state index >= 15 is 0 Å². The highest BCUT2D eigenvalue weighted by Crippen LogP contribution is 2.14. The highest BCUT2D eigenvalue weighted by Gasteiger charge is 2.31. The molecule has 1 aliphatic heterocycles. The second kappa shape index (κ2) is 6.04. The van der Waals surface area contributed by atoms with Crippen molar-refractivity contribution in [1.82, 2.24) is 10.2 Å². The number of carbonyl (C=O) groups excluding carboxylic acids is 3. The lowest BCUT2D eigenvalue weighted by atomic mass is 10.2. The van der Waals surface area contributed by atoms with Gasteiger partial charge in [-0.05, 0) is 25.1 Å². The molecule has 3 amide bonds. The van der Waals surface area contributed by atoms with E-state index in [1.54, 1.807) is 24.3 Å². The molecule has 20 heavy (non-hydrogen) atoms. The Hall–Kier alpha value is -1.89. The van der Waals surface area contributed by atoms with Gasteiger partial charge in [-0.25, -0.2) is 9.59 Å². The number of benzene rings is 1. The van der Waals surface area contributed by atoms with Crippen molar-refractivity contribution in [2.45, 2.75) is 13.0 Å². The first-order valence-electron chi connectivity index (χ1n) is 6.05. The molecule has 1 fully saturated rings. The van der Waals surface area contributed by atoms with E-state index in [0.29, 0.717) is 12.1 Å². The van der Waals surface area contributed by atoms with Crippen molar-refractivity contribution in [3.05, 3.63) is 34.3 Å². The smallest absolute Gasteiger partial charge is 0.338 e. The third kappa shape index (κ3) is 3.16. The number of esters is 1. The molecule has 7 heteroatoms. The third-order valence-corrected chi connectivity index (χ3v) is 3.31. The maximum Gasteiger partial charge on any atom is 0.338 e. The van der Waals surface area contributed by atoms with Crippen LogP contribution in [0.15, 0.2) is 28.7 Å². The average molecular weight is 341 g/mol. The monoisotopic (exact) mass is 340 g/mol. The van der Waals surface area contributed by atoms with Gasteiger partial charge in [-0.1, -0.05) is 22.0 Å². The number of urea groups is 1. The SMILES string of the molecule is CC(OC(=O)c1cccc(Br)c1)C(=O)N1CCNC1=O. The Bertz CT molecular complexity index is 561. The van der Waals surface area contributed by atoms with E-state index in [-0.39, 0.29) is 6.54 Å². The molecule has 0 aliphatic carbocycles. The van der Waals surface area contributed by atoms with Crippen LogP contribution in [0.5, 0.6) is 0 Å². The Morgan fingerprint density at radius 3 is 2.80 bits per heavy atom. The zero-order valence-electron chi connectivity index (χ0n) is 10.8. The van der Waals surface area contributed by atoms with Crippen molar-refractivity contribution in [1.29, 1.82) is 0 Å². The first-order valence-corrected chi connectivity index (χ1v) is 6.84. The zero-order valence-corrected chi connectivity index (χ0v) is 12.3. The lowest BCUT2D eigenvalue weighted by Crippen LogP contribution is -2.41. The highest BCUT2D eigenvalue weighted by atomic mass is 79.9.